The highest BCUT2D eigenvalue weighted by Gasteiger charge is 2.12. The predicted molar refractivity (Wildman–Crippen MR) is 89.9 cm³/mol. The van der Waals surface area contributed by atoms with Crippen molar-refractivity contribution in [2.45, 2.75) is 40.2 Å². The average Bonchev–Trinajstić information content (AvgIpc) is 2.43. The van der Waals surface area contributed by atoms with Gasteiger partial charge in [-0.3, -0.25) is 0 Å². The average molecular weight is 328 g/mol. The smallest absolute Gasteiger partial charge is 0.330 e. The number of carboxylic acid groups (broad SMARTS) is 1. The lowest BCUT2D eigenvalue weighted by atomic mass is 10.2. The van der Waals surface area contributed by atoms with E-state index in [9.17, 15) is 14.4 Å². The molecule has 1 N–H and O–H groups in total. The summed E-state index contributed by atoms with van der Waals surface area (Å²) in [6.45, 7) is 19.4. The lowest BCUT2D eigenvalue weighted by Gasteiger charge is -2.17. The molecule has 0 saturated carbocycles. The van der Waals surface area contributed by atoms with E-state index in [1.54, 1.807) is 0 Å². The Kier molecular flexibility index (Phi) is 16.2. The van der Waals surface area contributed by atoms with E-state index in [4.69, 9.17) is 14.6 Å². The number of hydrogen-bond donors (Lipinski definition) is 1. The molecule has 6 nitrogen and oxygen atoms in total. The highest BCUT2D eigenvalue weighted by atomic mass is 16.6. The van der Waals surface area contributed by atoms with Crippen molar-refractivity contribution < 1.29 is 29.0 Å². The number of aliphatic carboxylic acids is 1. The third kappa shape index (κ3) is 32.8. The van der Waals surface area contributed by atoms with Gasteiger partial charge in [0.15, 0.2) is 0 Å². The second-order valence-corrected chi connectivity index (χ2v) is 5.51. The molecule has 0 heterocycles. The topological polar surface area (TPSA) is 89.9 Å². The summed E-state index contributed by atoms with van der Waals surface area (Å²) in [6.07, 6.45) is 3.16. The lowest BCUT2D eigenvalue weighted by Crippen LogP contribution is -2.22. The zero-order valence-corrected chi connectivity index (χ0v) is 14.6. The maximum absolute atomic E-state index is 10.5. The van der Waals surface area contributed by atoms with Crippen LogP contribution in [0, 0.1) is 5.92 Å². The Morgan fingerprint density at radius 2 is 1.39 bits per heavy atom. The van der Waals surface area contributed by atoms with Crippen LogP contribution < -0.4 is 0 Å². The van der Waals surface area contributed by atoms with Crippen molar-refractivity contribution in [3.63, 3.8) is 0 Å². The molecule has 0 aromatic heterocycles. The molecule has 0 saturated heterocycles. The molecule has 0 spiro atoms. The number of esters is 2. The molecule has 0 unspecified atom stereocenters. The molecule has 0 aliphatic rings. The largest absolute Gasteiger partial charge is 0.478 e. The molecule has 0 aliphatic heterocycles. The first-order chi connectivity index (χ1) is 10.4. The van der Waals surface area contributed by atoms with Gasteiger partial charge in [-0.2, -0.15) is 0 Å². The van der Waals surface area contributed by atoms with Gasteiger partial charge in [-0.25, -0.2) is 14.4 Å². The Morgan fingerprint density at radius 1 is 1.00 bits per heavy atom. The second kappa shape index (κ2) is 14.6. The van der Waals surface area contributed by atoms with E-state index in [1.165, 1.54) is 6.08 Å². The van der Waals surface area contributed by atoms with Gasteiger partial charge in [-0.1, -0.05) is 33.6 Å². The van der Waals surface area contributed by atoms with Gasteiger partial charge < -0.3 is 14.6 Å². The fourth-order valence-corrected chi connectivity index (χ4v) is 0.651. The Bertz CT molecular complexity index is 402. The molecule has 0 fully saturated rings. The van der Waals surface area contributed by atoms with Gasteiger partial charge in [-0.15, -0.1) is 0 Å². The van der Waals surface area contributed by atoms with Crippen molar-refractivity contribution in [2.75, 3.05) is 6.61 Å². The van der Waals surface area contributed by atoms with Gasteiger partial charge in [0.1, 0.15) is 5.60 Å². The number of ether oxygens (including phenoxy) is 2. The fourth-order valence-electron chi connectivity index (χ4n) is 0.651. The molecule has 0 amide bonds. The first-order valence-corrected chi connectivity index (χ1v) is 6.89. The maximum atomic E-state index is 10.5. The van der Waals surface area contributed by atoms with E-state index in [0.29, 0.717) is 12.5 Å². The Balaban J connectivity index is -0.000000273. The minimum Gasteiger partial charge on any atom is -0.478 e. The molecule has 0 rings (SSSR count). The summed E-state index contributed by atoms with van der Waals surface area (Å²) in [7, 11) is 0. The molecule has 0 aromatic carbocycles. The monoisotopic (exact) mass is 328 g/mol. The van der Waals surface area contributed by atoms with E-state index in [-0.39, 0.29) is 11.9 Å². The SMILES string of the molecule is C=CC(=O)O.C=CC(=O)OC(C)(C)C.C=CC(=O)OCC(C)C. The molecular weight excluding hydrogens is 300 g/mol. The van der Waals surface area contributed by atoms with Gasteiger partial charge in [0.05, 0.1) is 6.61 Å². The Hall–Kier alpha value is -2.37. The summed E-state index contributed by atoms with van der Waals surface area (Å²) < 4.78 is 9.53. The summed E-state index contributed by atoms with van der Waals surface area (Å²) in [6, 6.07) is 0. The highest BCUT2D eigenvalue weighted by Crippen LogP contribution is 2.06. The van der Waals surface area contributed by atoms with E-state index >= 15 is 0 Å². The zero-order valence-electron chi connectivity index (χ0n) is 14.6. The molecule has 0 atom stereocenters. The minimum atomic E-state index is -0.981. The van der Waals surface area contributed by atoms with Crippen molar-refractivity contribution in [2.24, 2.45) is 5.92 Å². The number of hydrogen-bond acceptors (Lipinski definition) is 5. The summed E-state index contributed by atoms with van der Waals surface area (Å²) >= 11 is 0. The van der Waals surface area contributed by atoms with E-state index in [1.807, 2.05) is 34.6 Å². The number of carbonyl (C=O) groups is 3. The molecule has 0 radical (unpaired) electrons. The van der Waals surface area contributed by atoms with Gasteiger partial charge in [0.2, 0.25) is 0 Å². The van der Waals surface area contributed by atoms with E-state index < -0.39 is 11.6 Å². The van der Waals surface area contributed by atoms with Crippen LogP contribution in [0.15, 0.2) is 38.0 Å². The lowest BCUT2D eigenvalue weighted by molar-refractivity contribution is -0.148. The van der Waals surface area contributed by atoms with Crippen LogP contribution in [0.1, 0.15) is 34.6 Å². The zero-order chi connectivity index (χ0) is 19.1. The van der Waals surface area contributed by atoms with Gasteiger partial charge in [0.25, 0.3) is 0 Å². The standard InChI is InChI=1S/2C7H12O2.C3H4O2/c1-5-6(8)9-7(2,3)4;1-4-7(8)9-5-6(2)3;1-2-3(4)5/h5H,1H2,2-4H3;4,6H,1,5H2,2-3H3;2H,1H2,(H,4,5). The quantitative estimate of drug-likeness (QED) is 0.616. The van der Waals surface area contributed by atoms with Crippen LogP contribution in [0.25, 0.3) is 0 Å². The summed E-state index contributed by atoms with van der Waals surface area (Å²) in [5.41, 5.74) is -0.398. The third-order valence-electron chi connectivity index (χ3n) is 1.47. The minimum absolute atomic E-state index is 0.344. The molecule has 0 aromatic rings. The first-order valence-electron chi connectivity index (χ1n) is 6.89. The van der Waals surface area contributed by atoms with Crippen LogP contribution >= 0.6 is 0 Å². The van der Waals surface area contributed by atoms with Gasteiger partial charge >= 0.3 is 17.9 Å². The number of rotatable bonds is 5. The molecule has 0 aliphatic carbocycles. The van der Waals surface area contributed by atoms with Crippen molar-refractivity contribution in [1.82, 2.24) is 0 Å². The maximum Gasteiger partial charge on any atom is 0.330 e. The fraction of sp³-hybridized carbons (Fsp3) is 0.471. The number of carboxylic acids is 1. The van der Waals surface area contributed by atoms with Crippen LogP contribution in [-0.2, 0) is 23.9 Å². The van der Waals surface area contributed by atoms with Crippen molar-refractivity contribution in [3.05, 3.63) is 38.0 Å². The molecular formula is C17H28O6. The van der Waals surface area contributed by atoms with Crippen LogP contribution in [0.5, 0.6) is 0 Å². The van der Waals surface area contributed by atoms with Crippen LogP contribution in [0.4, 0.5) is 0 Å². The van der Waals surface area contributed by atoms with Crippen LogP contribution in [0.3, 0.4) is 0 Å². The van der Waals surface area contributed by atoms with E-state index in [0.717, 1.165) is 12.2 Å². The summed E-state index contributed by atoms with van der Waals surface area (Å²) in [5, 5.41) is 7.60. The highest BCUT2D eigenvalue weighted by molar-refractivity contribution is 5.81. The third-order valence-corrected chi connectivity index (χ3v) is 1.47. The van der Waals surface area contributed by atoms with Crippen molar-refractivity contribution in [3.8, 4) is 0 Å². The van der Waals surface area contributed by atoms with Crippen molar-refractivity contribution >= 4 is 17.9 Å². The molecule has 0 bridgehead atoms. The normalized spacial score (nSPS) is 9.13. The predicted octanol–water partition coefficient (Wildman–Crippen LogP) is 3.14. The van der Waals surface area contributed by atoms with Crippen LogP contribution in [0.2, 0.25) is 0 Å². The first kappa shape index (κ1) is 25.6. The molecule has 23 heavy (non-hydrogen) atoms. The second-order valence-electron chi connectivity index (χ2n) is 5.51. The van der Waals surface area contributed by atoms with Gasteiger partial charge in [-0.05, 0) is 26.7 Å². The van der Waals surface area contributed by atoms with Gasteiger partial charge in [0, 0.05) is 18.2 Å². The molecule has 6 heteroatoms. The number of carbonyl (C=O) groups excluding carboxylic acids is 2. The van der Waals surface area contributed by atoms with E-state index in [2.05, 4.69) is 19.7 Å². The summed E-state index contributed by atoms with van der Waals surface area (Å²) in [4.78, 5) is 30.1. The Morgan fingerprint density at radius 3 is 1.57 bits per heavy atom. The molecule has 132 valence electrons. The van der Waals surface area contributed by atoms with Crippen LogP contribution in [-0.4, -0.2) is 35.2 Å². The Labute approximate surface area is 138 Å². The summed E-state index contributed by atoms with van der Waals surface area (Å²) in [5.74, 6) is -1.30. The van der Waals surface area contributed by atoms with Crippen molar-refractivity contribution in [1.29, 1.82) is 0 Å².